The first-order chi connectivity index (χ1) is 16.8. The Kier molecular flexibility index (Phi) is 6.06. The maximum absolute atomic E-state index is 12.7. The van der Waals surface area contributed by atoms with Gasteiger partial charge in [-0.05, 0) is 53.3 Å². The van der Waals surface area contributed by atoms with Gasteiger partial charge in [0.05, 0.1) is 23.2 Å². The molecule has 7 nitrogen and oxygen atoms in total. The topological polar surface area (TPSA) is 105 Å². The van der Waals surface area contributed by atoms with Gasteiger partial charge in [0.25, 0.3) is 0 Å². The Hall–Kier alpha value is -3.65. The van der Waals surface area contributed by atoms with Gasteiger partial charge < -0.3 is 20.5 Å². The number of hydrogen-bond donors (Lipinski definition) is 3. The molecule has 35 heavy (non-hydrogen) atoms. The van der Waals surface area contributed by atoms with Crippen LogP contribution in [0.3, 0.4) is 0 Å². The van der Waals surface area contributed by atoms with E-state index in [9.17, 15) is 19.5 Å². The van der Waals surface area contributed by atoms with Crippen molar-refractivity contribution in [1.82, 2.24) is 5.32 Å². The molecule has 3 aromatic rings. The summed E-state index contributed by atoms with van der Waals surface area (Å²) < 4.78 is 6.21. The van der Waals surface area contributed by atoms with Crippen LogP contribution in [0, 0.1) is 0 Å². The number of rotatable bonds is 7. The van der Waals surface area contributed by atoms with E-state index in [0.29, 0.717) is 17.3 Å². The van der Waals surface area contributed by atoms with Crippen LogP contribution >= 0.6 is 15.9 Å². The minimum absolute atomic E-state index is 0.0120. The second-order valence-electron chi connectivity index (χ2n) is 8.95. The highest BCUT2D eigenvalue weighted by Gasteiger charge is 2.46. The number of alkyl carbamates (subject to hydrolysis) is 1. The third-order valence-electron chi connectivity index (χ3n) is 6.55. The predicted molar refractivity (Wildman–Crippen MR) is 135 cm³/mol. The van der Waals surface area contributed by atoms with E-state index in [1.807, 2.05) is 24.3 Å². The van der Waals surface area contributed by atoms with Gasteiger partial charge in [0.1, 0.15) is 6.61 Å². The Morgan fingerprint density at radius 1 is 0.971 bits per heavy atom. The van der Waals surface area contributed by atoms with Crippen molar-refractivity contribution < 1.29 is 24.2 Å². The highest BCUT2D eigenvalue weighted by molar-refractivity contribution is 9.10. The maximum Gasteiger partial charge on any atom is 0.407 e. The normalized spacial score (nSPS) is 15.0. The zero-order valence-corrected chi connectivity index (χ0v) is 20.3. The van der Waals surface area contributed by atoms with E-state index in [0.717, 1.165) is 22.3 Å². The molecular formula is C27H23BrN2O5. The Labute approximate surface area is 210 Å². The largest absolute Gasteiger partial charge is 0.478 e. The van der Waals surface area contributed by atoms with Crippen LogP contribution in [0.4, 0.5) is 10.5 Å². The van der Waals surface area contributed by atoms with E-state index < -0.39 is 17.6 Å². The number of anilines is 1. The fourth-order valence-corrected chi connectivity index (χ4v) is 5.01. The Morgan fingerprint density at radius 3 is 2.20 bits per heavy atom. The number of carbonyl (C=O) groups excluding carboxylic acids is 2. The number of aromatic carboxylic acids is 1. The minimum Gasteiger partial charge on any atom is -0.478 e. The lowest BCUT2D eigenvalue weighted by atomic mass is 9.98. The smallest absolute Gasteiger partial charge is 0.407 e. The number of amides is 2. The van der Waals surface area contributed by atoms with Crippen LogP contribution in [-0.2, 0) is 9.53 Å². The number of ether oxygens (including phenoxy) is 1. The molecule has 1 fully saturated rings. The lowest BCUT2D eigenvalue weighted by Crippen LogP contribution is -2.40. The Balaban J connectivity index is 1.20. The van der Waals surface area contributed by atoms with Crippen LogP contribution in [-0.4, -0.2) is 35.2 Å². The number of fused-ring (bicyclic) bond motifs is 3. The fourth-order valence-electron chi connectivity index (χ4n) is 4.65. The average molecular weight is 535 g/mol. The van der Waals surface area contributed by atoms with Gasteiger partial charge in [-0.15, -0.1) is 0 Å². The van der Waals surface area contributed by atoms with E-state index in [-0.39, 0.29) is 36.1 Å². The molecule has 0 radical (unpaired) electrons. The molecule has 5 rings (SSSR count). The maximum atomic E-state index is 12.7. The molecule has 0 bridgehead atoms. The molecule has 178 valence electrons. The van der Waals surface area contributed by atoms with E-state index in [1.165, 1.54) is 12.1 Å². The molecule has 0 atom stereocenters. The quantitative estimate of drug-likeness (QED) is 0.368. The van der Waals surface area contributed by atoms with Crippen molar-refractivity contribution in [2.45, 2.75) is 30.7 Å². The van der Waals surface area contributed by atoms with E-state index >= 15 is 0 Å². The third kappa shape index (κ3) is 4.79. The lowest BCUT2D eigenvalue weighted by Gasteiger charge is -2.19. The number of carboxylic acid groups (broad SMARTS) is 1. The van der Waals surface area contributed by atoms with Gasteiger partial charge in [0, 0.05) is 10.4 Å². The molecule has 8 heteroatoms. The van der Waals surface area contributed by atoms with Gasteiger partial charge in [0.2, 0.25) is 5.91 Å². The molecule has 0 aromatic heterocycles. The van der Waals surface area contributed by atoms with E-state index in [4.69, 9.17) is 4.74 Å². The summed E-state index contributed by atoms with van der Waals surface area (Å²) >= 11 is 3.24. The average Bonchev–Trinajstić information content (AvgIpc) is 3.50. The second kappa shape index (κ2) is 9.19. The molecule has 0 unspecified atom stereocenters. The highest BCUT2D eigenvalue weighted by Crippen LogP contribution is 2.44. The number of carboxylic acids is 1. The minimum atomic E-state index is -1.14. The van der Waals surface area contributed by atoms with Gasteiger partial charge >= 0.3 is 12.1 Å². The van der Waals surface area contributed by atoms with Crippen molar-refractivity contribution in [1.29, 1.82) is 0 Å². The molecule has 2 aliphatic rings. The van der Waals surface area contributed by atoms with Crippen molar-refractivity contribution >= 4 is 39.6 Å². The molecule has 1 saturated carbocycles. The van der Waals surface area contributed by atoms with Gasteiger partial charge in [-0.25, -0.2) is 9.59 Å². The summed E-state index contributed by atoms with van der Waals surface area (Å²) in [5.41, 5.74) is 4.09. The van der Waals surface area contributed by atoms with Crippen LogP contribution in [0.1, 0.15) is 46.7 Å². The molecule has 3 aromatic carbocycles. The van der Waals surface area contributed by atoms with Gasteiger partial charge in [-0.3, -0.25) is 4.79 Å². The molecule has 0 heterocycles. The molecule has 3 N–H and O–H groups in total. The summed E-state index contributed by atoms with van der Waals surface area (Å²) in [5, 5.41) is 14.9. The standard InChI is InChI=1S/C27H23BrN2O5/c28-16-9-10-23(21(13-16)25(32)33)29-24(31)14-27(11-12-27)30-26(34)35-15-22-19-7-3-1-5-17(19)18-6-2-4-8-20(18)22/h1-10,13,22H,11-12,14-15H2,(H,29,31)(H,30,34)(H,32,33). The SMILES string of the molecule is O=C(CC1(NC(=O)OCC2c3ccccc3-c3ccccc32)CC1)Nc1ccc(Br)cc1C(=O)O. The van der Waals surface area contributed by atoms with Gasteiger partial charge in [-0.1, -0.05) is 64.5 Å². The number of benzene rings is 3. The van der Waals surface area contributed by atoms with Gasteiger partial charge in [0.15, 0.2) is 0 Å². The fraction of sp³-hybridized carbons (Fsp3) is 0.222. The van der Waals surface area contributed by atoms with Crippen LogP contribution in [0.15, 0.2) is 71.2 Å². The second-order valence-corrected chi connectivity index (χ2v) is 9.87. The molecule has 0 aliphatic heterocycles. The number of carbonyl (C=O) groups is 3. The van der Waals surface area contributed by atoms with Crippen LogP contribution in [0.25, 0.3) is 11.1 Å². The van der Waals surface area contributed by atoms with Crippen molar-refractivity contribution in [3.63, 3.8) is 0 Å². The summed E-state index contributed by atoms with van der Waals surface area (Å²) in [6, 6.07) is 20.9. The number of hydrogen-bond acceptors (Lipinski definition) is 4. The zero-order valence-electron chi connectivity index (χ0n) is 18.7. The third-order valence-corrected chi connectivity index (χ3v) is 7.04. The van der Waals surface area contributed by atoms with Crippen LogP contribution in [0.2, 0.25) is 0 Å². The first-order valence-corrected chi connectivity index (χ1v) is 12.1. The molecule has 0 spiro atoms. The molecule has 2 amide bonds. The first-order valence-electron chi connectivity index (χ1n) is 11.3. The zero-order chi connectivity index (χ0) is 24.6. The molecule has 0 saturated heterocycles. The van der Waals surface area contributed by atoms with Crippen molar-refractivity contribution in [3.8, 4) is 11.1 Å². The van der Waals surface area contributed by atoms with Crippen molar-refractivity contribution in [3.05, 3.63) is 87.9 Å². The summed E-state index contributed by atoms with van der Waals surface area (Å²) in [5.74, 6) is -1.55. The summed E-state index contributed by atoms with van der Waals surface area (Å²) in [7, 11) is 0. The number of halogens is 1. The lowest BCUT2D eigenvalue weighted by molar-refractivity contribution is -0.116. The summed E-state index contributed by atoms with van der Waals surface area (Å²) in [4.78, 5) is 36.8. The monoisotopic (exact) mass is 534 g/mol. The summed E-state index contributed by atoms with van der Waals surface area (Å²) in [6.07, 6.45) is 0.770. The molecule has 2 aliphatic carbocycles. The first kappa shape index (κ1) is 23.1. The predicted octanol–water partition coefficient (Wildman–Crippen LogP) is 5.55. The Bertz CT molecular complexity index is 1290. The van der Waals surface area contributed by atoms with Crippen molar-refractivity contribution in [2.24, 2.45) is 0 Å². The van der Waals surface area contributed by atoms with Crippen molar-refractivity contribution in [2.75, 3.05) is 11.9 Å². The molecular weight excluding hydrogens is 512 g/mol. The Morgan fingerprint density at radius 2 is 1.60 bits per heavy atom. The number of nitrogens with one attached hydrogen (secondary N) is 2. The summed E-state index contributed by atoms with van der Waals surface area (Å²) in [6.45, 7) is 0.197. The van der Waals surface area contributed by atoms with E-state index in [1.54, 1.807) is 6.07 Å². The van der Waals surface area contributed by atoms with Crippen LogP contribution in [0.5, 0.6) is 0 Å². The van der Waals surface area contributed by atoms with Crippen LogP contribution < -0.4 is 10.6 Å². The highest BCUT2D eigenvalue weighted by atomic mass is 79.9. The van der Waals surface area contributed by atoms with E-state index in [2.05, 4.69) is 50.8 Å². The van der Waals surface area contributed by atoms with Gasteiger partial charge in [-0.2, -0.15) is 0 Å².